The fourth-order valence-corrected chi connectivity index (χ4v) is 3.16. The number of aromatic carboxylic acids is 1. The Morgan fingerprint density at radius 1 is 1.41 bits per heavy atom. The molecule has 0 radical (unpaired) electrons. The molecule has 1 aliphatic heterocycles. The summed E-state index contributed by atoms with van der Waals surface area (Å²) in [5.41, 5.74) is 0.771. The third-order valence-corrected chi connectivity index (χ3v) is 4.57. The molecule has 0 bridgehead atoms. The van der Waals surface area contributed by atoms with Crippen molar-refractivity contribution < 1.29 is 14.7 Å². The number of carbonyl (C=O) groups excluding carboxylic acids is 1. The van der Waals surface area contributed by atoms with Crippen molar-refractivity contribution in [1.29, 1.82) is 0 Å². The highest BCUT2D eigenvalue weighted by Crippen LogP contribution is 2.21. The quantitative estimate of drug-likeness (QED) is 0.824. The smallest absolute Gasteiger partial charge is 0.341 e. The molecule has 2 rings (SSSR count). The van der Waals surface area contributed by atoms with Gasteiger partial charge >= 0.3 is 5.97 Å². The summed E-state index contributed by atoms with van der Waals surface area (Å²) in [7, 11) is 0. The monoisotopic (exact) mass is 324 g/mol. The summed E-state index contributed by atoms with van der Waals surface area (Å²) in [4.78, 5) is 37.1. The number of aryl methyl sites for hydroxylation is 1. The van der Waals surface area contributed by atoms with Crippen LogP contribution < -0.4 is 5.56 Å². The van der Waals surface area contributed by atoms with E-state index in [0.717, 1.165) is 17.7 Å². The van der Waals surface area contributed by atoms with Gasteiger partial charge < -0.3 is 14.6 Å². The SMILES string of the molecule is CSCCCn1cc2c(c(C(=O)O)c1=O)CCN(C(C)=O)C2. The number of carbonyl (C=O) groups is 2. The Balaban J connectivity index is 2.44. The Hall–Kier alpha value is -1.76. The summed E-state index contributed by atoms with van der Waals surface area (Å²) in [5, 5.41) is 9.39. The van der Waals surface area contributed by atoms with E-state index in [1.807, 2.05) is 6.26 Å². The lowest BCUT2D eigenvalue weighted by molar-refractivity contribution is -0.129. The van der Waals surface area contributed by atoms with E-state index in [9.17, 15) is 19.5 Å². The Morgan fingerprint density at radius 3 is 2.73 bits per heavy atom. The third kappa shape index (κ3) is 3.35. The fraction of sp³-hybridized carbons (Fsp3) is 0.533. The molecule has 7 heteroatoms. The van der Waals surface area contributed by atoms with Crippen molar-refractivity contribution in [1.82, 2.24) is 9.47 Å². The van der Waals surface area contributed by atoms with Crippen molar-refractivity contribution >= 4 is 23.6 Å². The molecule has 1 aliphatic rings. The standard InChI is InChI=1S/C15H20N2O4S/c1-10(18)16-6-4-12-11(8-16)9-17(5-3-7-22-2)14(19)13(12)15(20)21/h9H,3-8H2,1-2H3,(H,20,21). The number of carboxylic acids is 1. The third-order valence-electron chi connectivity index (χ3n) is 3.88. The number of hydrogen-bond donors (Lipinski definition) is 1. The van der Waals surface area contributed by atoms with Crippen LogP contribution >= 0.6 is 11.8 Å². The predicted molar refractivity (Wildman–Crippen MR) is 85.5 cm³/mol. The second-order valence-electron chi connectivity index (χ2n) is 5.35. The number of rotatable bonds is 5. The maximum atomic E-state index is 12.4. The van der Waals surface area contributed by atoms with Gasteiger partial charge in [-0.2, -0.15) is 11.8 Å². The zero-order valence-electron chi connectivity index (χ0n) is 12.8. The zero-order chi connectivity index (χ0) is 16.3. The molecule has 0 saturated carbocycles. The molecule has 0 spiro atoms. The van der Waals surface area contributed by atoms with Crippen LogP contribution in [0.4, 0.5) is 0 Å². The van der Waals surface area contributed by atoms with E-state index in [4.69, 9.17) is 0 Å². The van der Waals surface area contributed by atoms with Crippen molar-refractivity contribution in [2.75, 3.05) is 18.6 Å². The number of hydrogen-bond acceptors (Lipinski definition) is 4. The fourth-order valence-electron chi connectivity index (χ4n) is 2.75. The van der Waals surface area contributed by atoms with Gasteiger partial charge in [0.2, 0.25) is 5.91 Å². The minimum absolute atomic E-state index is 0.0392. The van der Waals surface area contributed by atoms with E-state index in [-0.39, 0.29) is 11.5 Å². The van der Waals surface area contributed by atoms with Gasteiger partial charge in [-0.05, 0) is 36.0 Å². The normalized spacial score (nSPS) is 13.8. The molecule has 1 aromatic heterocycles. The van der Waals surface area contributed by atoms with Crippen LogP contribution in [0.5, 0.6) is 0 Å². The Labute approximate surface area is 133 Å². The molecule has 0 aromatic carbocycles. The first-order valence-corrected chi connectivity index (χ1v) is 8.58. The summed E-state index contributed by atoms with van der Waals surface area (Å²) < 4.78 is 1.47. The van der Waals surface area contributed by atoms with E-state index in [0.29, 0.717) is 31.6 Å². The first kappa shape index (κ1) is 16.6. The van der Waals surface area contributed by atoms with Gasteiger partial charge in [0.05, 0.1) is 0 Å². The Kier molecular flexibility index (Phi) is 5.28. The molecule has 1 amide bonds. The first-order valence-electron chi connectivity index (χ1n) is 7.18. The molecule has 0 fully saturated rings. The van der Waals surface area contributed by atoms with Gasteiger partial charge in [0.15, 0.2) is 0 Å². The van der Waals surface area contributed by atoms with Crippen LogP contribution in [0.2, 0.25) is 0 Å². The molecule has 1 N–H and O–H groups in total. The van der Waals surface area contributed by atoms with E-state index in [2.05, 4.69) is 0 Å². The van der Waals surface area contributed by atoms with Crippen LogP contribution in [-0.2, 0) is 24.3 Å². The predicted octanol–water partition coefficient (Wildman–Crippen LogP) is 1.20. The average molecular weight is 324 g/mol. The van der Waals surface area contributed by atoms with E-state index in [1.165, 1.54) is 11.5 Å². The summed E-state index contributed by atoms with van der Waals surface area (Å²) >= 11 is 1.69. The van der Waals surface area contributed by atoms with Crippen molar-refractivity contribution in [2.24, 2.45) is 0 Å². The van der Waals surface area contributed by atoms with Crippen LogP contribution in [-0.4, -0.2) is 45.0 Å². The molecular weight excluding hydrogens is 304 g/mol. The average Bonchev–Trinajstić information content (AvgIpc) is 2.47. The largest absolute Gasteiger partial charge is 0.477 e. The van der Waals surface area contributed by atoms with Crippen LogP contribution in [0.25, 0.3) is 0 Å². The maximum absolute atomic E-state index is 12.4. The van der Waals surface area contributed by atoms with Crippen LogP contribution in [0, 0.1) is 0 Å². The Bertz CT molecular complexity index is 654. The molecular formula is C15H20N2O4S. The van der Waals surface area contributed by atoms with Crippen molar-refractivity contribution in [3.05, 3.63) is 33.2 Å². The lowest BCUT2D eigenvalue weighted by Crippen LogP contribution is -2.38. The van der Waals surface area contributed by atoms with Gasteiger partial charge in [0.1, 0.15) is 5.56 Å². The molecule has 0 unspecified atom stereocenters. The van der Waals surface area contributed by atoms with Crippen LogP contribution in [0.15, 0.2) is 11.0 Å². The zero-order valence-corrected chi connectivity index (χ0v) is 13.6. The summed E-state index contributed by atoms with van der Waals surface area (Å²) in [6.45, 7) is 2.82. The van der Waals surface area contributed by atoms with E-state index >= 15 is 0 Å². The number of thioether (sulfide) groups is 1. The van der Waals surface area contributed by atoms with Gasteiger partial charge in [-0.1, -0.05) is 0 Å². The summed E-state index contributed by atoms with van der Waals surface area (Å²) in [5.74, 6) is -0.315. The molecule has 22 heavy (non-hydrogen) atoms. The minimum atomic E-state index is -1.18. The summed E-state index contributed by atoms with van der Waals surface area (Å²) in [6.07, 6.45) is 4.93. The van der Waals surface area contributed by atoms with E-state index in [1.54, 1.807) is 22.9 Å². The van der Waals surface area contributed by atoms with Gasteiger partial charge in [-0.15, -0.1) is 0 Å². The maximum Gasteiger partial charge on any atom is 0.341 e. The van der Waals surface area contributed by atoms with Crippen molar-refractivity contribution in [3.63, 3.8) is 0 Å². The number of carboxylic acid groups (broad SMARTS) is 1. The lowest BCUT2D eigenvalue weighted by atomic mass is 9.96. The summed E-state index contributed by atoms with van der Waals surface area (Å²) in [6, 6.07) is 0. The van der Waals surface area contributed by atoms with Crippen LogP contribution in [0.1, 0.15) is 34.8 Å². The number of aromatic nitrogens is 1. The van der Waals surface area contributed by atoms with Crippen molar-refractivity contribution in [2.45, 2.75) is 32.9 Å². The highest BCUT2D eigenvalue weighted by atomic mass is 32.2. The topological polar surface area (TPSA) is 79.6 Å². The highest BCUT2D eigenvalue weighted by molar-refractivity contribution is 7.98. The molecule has 2 heterocycles. The number of fused-ring (bicyclic) bond motifs is 1. The number of pyridine rings is 1. The lowest BCUT2D eigenvalue weighted by Gasteiger charge is -2.29. The molecule has 0 saturated heterocycles. The molecule has 0 atom stereocenters. The molecule has 6 nitrogen and oxygen atoms in total. The van der Waals surface area contributed by atoms with Gasteiger partial charge in [0.25, 0.3) is 5.56 Å². The minimum Gasteiger partial charge on any atom is -0.477 e. The Morgan fingerprint density at radius 2 is 2.14 bits per heavy atom. The van der Waals surface area contributed by atoms with Crippen LogP contribution in [0.3, 0.4) is 0 Å². The molecule has 1 aromatic rings. The molecule has 0 aliphatic carbocycles. The van der Waals surface area contributed by atoms with E-state index < -0.39 is 11.5 Å². The second kappa shape index (κ2) is 7.00. The first-order chi connectivity index (χ1) is 10.5. The van der Waals surface area contributed by atoms with Gasteiger partial charge in [-0.25, -0.2) is 4.79 Å². The van der Waals surface area contributed by atoms with Crippen molar-refractivity contribution in [3.8, 4) is 0 Å². The highest BCUT2D eigenvalue weighted by Gasteiger charge is 2.26. The van der Waals surface area contributed by atoms with Gasteiger partial charge in [-0.3, -0.25) is 9.59 Å². The number of nitrogens with zero attached hydrogens (tertiary/aromatic N) is 2. The molecule has 120 valence electrons. The number of amides is 1. The second-order valence-corrected chi connectivity index (χ2v) is 6.33. The van der Waals surface area contributed by atoms with Gasteiger partial charge in [0, 0.05) is 32.8 Å².